The highest BCUT2D eigenvalue weighted by Gasteiger charge is 2.05. The van der Waals surface area contributed by atoms with Crippen molar-refractivity contribution >= 4 is 0 Å². The summed E-state index contributed by atoms with van der Waals surface area (Å²) in [7, 11) is 1.64. The fraction of sp³-hybridized carbons (Fsp3) is 0.143. The average molecular weight is 364 g/mol. The third-order valence-corrected chi connectivity index (χ3v) is 3.65. The topological polar surface area (TPSA) is 81.5 Å². The van der Waals surface area contributed by atoms with Crippen LogP contribution in [0.1, 0.15) is 11.4 Å². The molecule has 0 radical (unpaired) electrons. The summed E-state index contributed by atoms with van der Waals surface area (Å²) < 4.78 is 15.6. The Kier molecular flexibility index (Phi) is 5.56. The number of hydrogen-bond donors (Lipinski definition) is 1. The molecule has 2 aromatic heterocycles. The number of phenols is 1. The van der Waals surface area contributed by atoms with Gasteiger partial charge in [-0.2, -0.15) is 0 Å². The molecule has 0 unspecified atom stereocenters. The molecule has 0 fully saturated rings. The number of ether oxygens (including phenoxy) is 1. The monoisotopic (exact) mass is 364 g/mol. The van der Waals surface area contributed by atoms with Crippen molar-refractivity contribution in [3.63, 3.8) is 0 Å². The molecule has 6 nitrogen and oxygen atoms in total. The number of aromatic nitrogens is 2. The van der Waals surface area contributed by atoms with Gasteiger partial charge in [0.15, 0.2) is 0 Å². The molecule has 0 aliphatic heterocycles. The van der Waals surface area contributed by atoms with Crippen LogP contribution in [-0.2, 0) is 0 Å². The Labute approximate surface area is 157 Å². The summed E-state index contributed by atoms with van der Waals surface area (Å²) >= 11 is 0. The molecule has 2 heterocycles. The van der Waals surface area contributed by atoms with Crippen molar-refractivity contribution in [1.29, 1.82) is 0 Å². The Bertz CT molecular complexity index is 1020. The van der Waals surface area contributed by atoms with Gasteiger partial charge in [0.2, 0.25) is 11.8 Å². The summed E-state index contributed by atoms with van der Waals surface area (Å²) in [5, 5.41) is 9.21. The van der Waals surface area contributed by atoms with Crippen LogP contribution in [0.3, 0.4) is 0 Å². The standard InChI is InChI=1S/C11H11NO2.C10H9NO2/c1-8-7-14-11(12-8)9-4-3-5-10(6-9)13-2;1-7-6-13-10(11-7)8-3-2-4-9(12)5-8/h3-7H,1-2H3;2-6,12H,1H3. The molecule has 0 atom stereocenters. The Morgan fingerprint density at radius 1 is 0.815 bits per heavy atom. The first kappa shape index (κ1) is 18.3. The molecule has 4 aromatic rings. The van der Waals surface area contributed by atoms with E-state index in [1.807, 2.05) is 44.2 Å². The lowest BCUT2D eigenvalue weighted by atomic mass is 10.2. The molecule has 0 bridgehead atoms. The fourth-order valence-electron chi connectivity index (χ4n) is 2.37. The highest BCUT2D eigenvalue weighted by atomic mass is 16.5. The maximum atomic E-state index is 9.21. The lowest BCUT2D eigenvalue weighted by Gasteiger charge is -2.00. The predicted octanol–water partition coefficient (Wildman–Crippen LogP) is 5.01. The van der Waals surface area contributed by atoms with E-state index in [0.717, 1.165) is 28.3 Å². The van der Waals surface area contributed by atoms with Crippen LogP contribution in [0.4, 0.5) is 0 Å². The van der Waals surface area contributed by atoms with Crippen molar-refractivity contribution < 1.29 is 18.7 Å². The van der Waals surface area contributed by atoms with Crippen LogP contribution in [-0.4, -0.2) is 22.2 Å². The molecule has 138 valence electrons. The molecule has 2 aromatic carbocycles. The van der Waals surface area contributed by atoms with E-state index in [9.17, 15) is 5.11 Å². The maximum Gasteiger partial charge on any atom is 0.226 e. The van der Waals surface area contributed by atoms with Gasteiger partial charge in [0, 0.05) is 11.1 Å². The van der Waals surface area contributed by atoms with Gasteiger partial charge < -0.3 is 18.7 Å². The van der Waals surface area contributed by atoms with E-state index < -0.39 is 0 Å². The second-order valence-corrected chi connectivity index (χ2v) is 5.87. The number of methoxy groups -OCH3 is 1. The molecule has 4 rings (SSSR count). The van der Waals surface area contributed by atoms with Crippen molar-refractivity contribution in [2.24, 2.45) is 0 Å². The maximum absolute atomic E-state index is 9.21. The highest BCUT2D eigenvalue weighted by molar-refractivity contribution is 5.56. The second-order valence-electron chi connectivity index (χ2n) is 5.87. The van der Waals surface area contributed by atoms with Crippen LogP contribution in [0.5, 0.6) is 11.5 Å². The van der Waals surface area contributed by atoms with Crippen molar-refractivity contribution in [3.05, 3.63) is 72.4 Å². The van der Waals surface area contributed by atoms with Gasteiger partial charge in [0.25, 0.3) is 0 Å². The van der Waals surface area contributed by atoms with Crippen molar-refractivity contribution in [3.8, 4) is 34.4 Å². The average Bonchev–Trinajstić information content (AvgIpc) is 3.31. The Hall–Kier alpha value is -3.54. The van der Waals surface area contributed by atoms with Gasteiger partial charge in [0.1, 0.15) is 24.0 Å². The SMILES string of the molecule is COc1cccc(-c2nc(C)co2)c1.Cc1coc(-c2cccc(O)c2)n1. The second kappa shape index (κ2) is 8.23. The van der Waals surface area contributed by atoms with Gasteiger partial charge >= 0.3 is 0 Å². The zero-order valence-electron chi connectivity index (χ0n) is 15.3. The number of aryl methyl sites for hydroxylation is 2. The van der Waals surface area contributed by atoms with Crippen LogP contribution in [0, 0.1) is 13.8 Å². The minimum Gasteiger partial charge on any atom is -0.508 e. The summed E-state index contributed by atoms with van der Waals surface area (Å²) in [6.07, 6.45) is 3.22. The minimum atomic E-state index is 0.216. The fourth-order valence-corrected chi connectivity index (χ4v) is 2.37. The molecule has 1 N–H and O–H groups in total. The van der Waals surface area contributed by atoms with E-state index in [4.69, 9.17) is 13.6 Å². The van der Waals surface area contributed by atoms with Crippen LogP contribution < -0.4 is 4.74 Å². The number of aromatic hydroxyl groups is 1. The quantitative estimate of drug-likeness (QED) is 0.550. The molecule has 0 saturated heterocycles. The largest absolute Gasteiger partial charge is 0.508 e. The van der Waals surface area contributed by atoms with Gasteiger partial charge in [-0.1, -0.05) is 12.1 Å². The number of hydrogen-bond acceptors (Lipinski definition) is 6. The van der Waals surface area contributed by atoms with Gasteiger partial charge in [-0.25, -0.2) is 9.97 Å². The number of rotatable bonds is 3. The third kappa shape index (κ3) is 4.76. The summed E-state index contributed by atoms with van der Waals surface area (Å²) in [4.78, 5) is 8.38. The molecule has 0 aliphatic rings. The summed E-state index contributed by atoms with van der Waals surface area (Å²) in [5.74, 6) is 2.18. The van der Waals surface area contributed by atoms with Crippen molar-refractivity contribution in [2.75, 3.05) is 7.11 Å². The minimum absolute atomic E-state index is 0.216. The molecular formula is C21H20N2O4. The van der Waals surface area contributed by atoms with Crippen LogP contribution >= 0.6 is 0 Å². The first-order chi connectivity index (χ1) is 13.0. The number of nitrogens with zero attached hydrogens (tertiary/aromatic N) is 2. The smallest absolute Gasteiger partial charge is 0.226 e. The van der Waals surface area contributed by atoms with Crippen molar-refractivity contribution in [2.45, 2.75) is 13.8 Å². The van der Waals surface area contributed by atoms with E-state index in [0.29, 0.717) is 11.8 Å². The third-order valence-electron chi connectivity index (χ3n) is 3.65. The summed E-state index contributed by atoms with van der Waals surface area (Å²) in [6.45, 7) is 3.75. The molecule has 6 heteroatoms. The van der Waals surface area contributed by atoms with E-state index in [2.05, 4.69) is 9.97 Å². The van der Waals surface area contributed by atoms with Gasteiger partial charge in [-0.15, -0.1) is 0 Å². The predicted molar refractivity (Wildman–Crippen MR) is 102 cm³/mol. The zero-order chi connectivity index (χ0) is 19.2. The Morgan fingerprint density at radius 2 is 1.37 bits per heavy atom. The van der Waals surface area contributed by atoms with E-state index >= 15 is 0 Å². The molecule has 0 saturated carbocycles. The molecule has 27 heavy (non-hydrogen) atoms. The summed E-state index contributed by atoms with van der Waals surface area (Å²) in [5.41, 5.74) is 3.42. The molecule has 0 amide bonds. The molecular weight excluding hydrogens is 344 g/mol. The van der Waals surface area contributed by atoms with E-state index in [1.165, 1.54) is 0 Å². The highest BCUT2D eigenvalue weighted by Crippen LogP contribution is 2.23. The van der Waals surface area contributed by atoms with Gasteiger partial charge in [-0.3, -0.25) is 0 Å². The van der Waals surface area contributed by atoms with Gasteiger partial charge in [-0.05, 0) is 50.2 Å². The van der Waals surface area contributed by atoms with E-state index in [1.54, 1.807) is 37.8 Å². The van der Waals surface area contributed by atoms with Crippen molar-refractivity contribution in [1.82, 2.24) is 9.97 Å². The Balaban J connectivity index is 0.000000156. The van der Waals surface area contributed by atoms with Gasteiger partial charge in [0.05, 0.1) is 18.5 Å². The normalized spacial score (nSPS) is 10.2. The lowest BCUT2D eigenvalue weighted by molar-refractivity contribution is 0.414. The summed E-state index contributed by atoms with van der Waals surface area (Å²) in [6, 6.07) is 14.5. The van der Waals surface area contributed by atoms with E-state index in [-0.39, 0.29) is 5.75 Å². The number of phenolic OH excluding ortho intramolecular Hbond substituents is 1. The Morgan fingerprint density at radius 3 is 1.85 bits per heavy atom. The number of benzene rings is 2. The molecule has 0 spiro atoms. The number of oxazole rings is 2. The zero-order valence-corrected chi connectivity index (χ0v) is 15.3. The first-order valence-corrected chi connectivity index (χ1v) is 8.33. The van der Waals surface area contributed by atoms with Crippen LogP contribution in [0.2, 0.25) is 0 Å². The molecule has 0 aliphatic carbocycles. The van der Waals surface area contributed by atoms with Crippen LogP contribution in [0.25, 0.3) is 22.9 Å². The lowest BCUT2D eigenvalue weighted by Crippen LogP contribution is -1.83. The van der Waals surface area contributed by atoms with Crippen LogP contribution in [0.15, 0.2) is 69.9 Å². The first-order valence-electron chi connectivity index (χ1n) is 8.33.